The van der Waals surface area contributed by atoms with Crippen molar-refractivity contribution in [3.8, 4) is 5.75 Å². The molecular formula is C18H17F2N3O3. The lowest BCUT2D eigenvalue weighted by molar-refractivity contribution is -0.0498. The average Bonchev–Trinajstić information content (AvgIpc) is 2.67. The summed E-state index contributed by atoms with van der Waals surface area (Å²) in [6, 6.07) is 5.52. The van der Waals surface area contributed by atoms with Gasteiger partial charge in [0.2, 0.25) is 5.95 Å². The van der Waals surface area contributed by atoms with Gasteiger partial charge in [-0.05, 0) is 36.4 Å². The third kappa shape index (κ3) is 4.82. The van der Waals surface area contributed by atoms with Crippen LogP contribution < -0.4 is 9.64 Å². The lowest BCUT2D eigenvalue weighted by atomic mass is 10.1. The van der Waals surface area contributed by atoms with E-state index in [0.29, 0.717) is 30.3 Å². The zero-order chi connectivity index (χ0) is 18.4. The lowest BCUT2D eigenvalue weighted by Gasteiger charge is -2.26. The van der Waals surface area contributed by atoms with Crippen LogP contribution in [-0.4, -0.2) is 48.7 Å². The second-order valence-corrected chi connectivity index (χ2v) is 5.52. The molecule has 0 unspecified atom stereocenters. The zero-order valence-electron chi connectivity index (χ0n) is 13.8. The molecule has 3 rings (SSSR count). The van der Waals surface area contributed by atoms with Gasteiger partial charge in [0.25, 0.3) is 0 Å². The number of aromatic nitrogens is 2. The highest BCUT2D eigenvalue weighted by molar-refractivity contribution is 6.06. The number of morpholine rings is 1. The summed E-state index contributed by atoms with van der Waals surface area (Å²) in [6.45, 7) is -0.0870. The number of carbonyl (C=O) groups excluding carboxylic acids is 1. The van der Waals surface area contributed by atoms with Gasteiger partial charge in [-0.3, -0.25) is 4.79 Å². The van der Waals surface area contributed by atoms with Crippen LogP contribution in [-0.2, 0) is 4.74 Å². The summed E-state index contributed by atoms with van der Waals surface area (Å²) >= 11 is 0. The van der Waals surface area contributed by atoms with Crippen molar-refractivity contribution in [2.75, 3.05) is 31.2 Å². The normalized spacial score (nSPS) is 14.8. The number of benzene rings is 1. The number of hydrogen-bond donors (Lipinski definition) is 0. The van der Waals surface area contributed by atoms with Crippen molar-refractivity contribution in [2.24, 2.45) is 0 Å². The van der Waals surface area contributed by atoms with Crippen LogP contribution in [0.3, 0.4) is 0 Å². The smallest absolute Gasteiger partial charge is 0.387 e. The van der Waals surface area contributed by atoms with Gasteiger partial charge in [-0.1, -0.05) is 0 Å². The highest BCUT2D eigenvalue weighted by Gasteiger charge is 2.13. The van der Waals surface area contributed by atoms with Crippen molar-refractivity contribution in [3.63, 3.8) is 0 Å². The number of hydrogen-bond acceptors (Lipinski definition) is 6. The molecule has 2 heterocycles. The van der Waals surface area contributed by atoms with Crippen LogP contribution in [0.15, 0.2) is 42.7 Å². The van der Waals surface area contributed by atoms with Crippen LogP contribution in [0, 0.1) is 0 Å². The molecule has 0 saturated carbocycles. The van der Waals surface area contributed by atoms with Crippen molar-refractivity contribution in [1.29, 1.82) is 0 Å². The molecule has 8 heteroatoms. The minimum absolute atomic E-state index is 0.00707. The maximum atomic E-state index is 12.1. The molecule has 0 atom stereocenters. The van der Waals surface area contributed by atoms with Gasteiger partial charge in [-0.25, -0.2) is 9.97 Å². The van der Waals surface area contributed by atoms with E-state index in [9.17, 15) is 13.6 Å². The Hall–Kier alpha value is -2.87. The summed E-state index contributed by atoms with van der Waals surface area (Å²) in [5.41, 5.74) is 1.06. The number of rotatable bonds is 6. The van der Waals surface area contributed by atoms with E-state index in [2.05, 4.69) is 14.7 Å². The van der Waals surface area contributed by atoms with Crippen LogP contribution in [0.2, 0.25) is 0 Å². The fourth-order valence-corrected chi connectivity index (χ4v) is 2.41. The molecule has 1 aromatic heterocycles. The molecular weight excluding hydrogens is 344 g/mol. The number of anilines is 1. The Morgan fingerprint density at radius 1 is 1.15 bits per heavy atom. The second kappa shape index (κ2) is 8.48. The molecule has 1 aliphatic rings. The fraction of sp³-hybridized carbons (Fsp3) is 0.278. The van der Waals surface area contributed by atoms with E-state index in [4.69, 9.17) is 4.74 Å². The largest absolute Gasteiger partial charge is 0.435 e. The Bertz CT molecular complexity index is 758. The summed E-state index contributed by atoms with van der Waals surface area (Å²) in [6.07, 6.45) is 6.27. The molecule has 1 aromatic carbocycles. The Balaban J connectivity index is 1.60. The van der Waals surface area contributed by atoms with Crippen LogP contribution in [0.5, 0.6) is 5.75 Å². The molecule has 0 bridgehead atoms. The summed E-state index contributed by atoms with van der Waals surface area (Å²) in [5, 5.41) is 0. The molecule has 1 saturated heterocycles. The maximum absolute atomic E-state index is 12.1. The van der Waals surface area contributed by atoms with Gasteiger partial charge in [0.15, 0.2) is 5.78 Å². The van der Waals surface area contributed by atoms with Gasteiger partial charge in [0.05, 0.1) is 13.2 Å². The topological polar surface area (TPSA) is 64.6 Å². The first-order valence-electron chi connectivity index (χ1n) is 8.04. The monoisotopic (exact) mass is 361 g/mol. The number of allylic oxidation sites excluding steroid dienone is 1. The number of halogens is 2. The van der Waals surface area contributed by atoms with Crippen molar-refractivity contribution >= 4 is 17.8 Å². The van der Waals surface area contributed by atoms with E-state index in [1.165, 1.54) is 30.3 Å². The molecule has 2 aromatic rings. The molecule has 136 valence electrons. The number of ether oxygens (including phenoxy) is 2. The van der Waals surface area contributed by atoms with Gasteiger partial charge < -0.3 is 14.4 Å². The molecule has 6 nitrogen and oxygen atoms in total. The Morgan fingerprint density at radius 3 is 2.42 bits per heavy atom. The van der Waals surface area contributed by atoms with Crippen LogP contribution in [0.25, 0.3) is 6.08 Å². The van der Waals surface area contributed by atoms with Crippen LogP contribution in [0.4, 0.5) is 14.7 Å². The fourth-order valence-electron chi connectivity index (χ4n) is 2.41. The SMILES string of the molecule is O=C(/C=C/c1cnc(N2CCOCC2)nc1)c1ccc(OC(F)F)cc1. The predicted molar refractivity (Wildman–Crippen MR) is 91.5 cm³/mol. The lowest BCUT2D eigenvalue weighted by Crippen LogP contribution is -2.37. The van der Waals surface area contributed by atoms with E-state index < -0.39 is 6.61 Å². The number of nitrogens with zero attached hydrogens (tertiary/aromatic N) is 3. The third-order valence-corrected chi connectivity index (χ3v) is 3.74. The number of carbonyl (C=O) groups is 1. The first kappa shape index (κ1) is 17.9. The molecule has 0 spiro atoms. The highest BCUT2D eigenvalue weighted by Crippen LogP contribution is 2.16. The number of ketones is 1. The van der Waals surface area contributed by atoms with Gasteiger partial charge in [0.1, 0.15) is 5.75 Å². The minimum Gasteiger partial charge on any atom is -0.435 e. The molecule has 0 N–H and O–H groups in total. The number of alkyl halides is 2. The Labute approximate surface area is 149 Å². The quantitative estimate of drug-likeness (QED) is 0.582. The van der Waals surface area contributed by atoms with E-state index in [0.717, 1.165) is 13.1 Å². The van der Waals surface area contributed by atoms with Crippen molar-refractivity contribution in [1.82, 2.24) is 9.97 Å². The first-order valence-corrected chi connectivity index (χ1v) is 8.04. The van der Waals surface area contributed by atoms with Gasteiger partial charge in [0, 0.05) is 36.6 Å². The van der Waals surface area contributed by atoms with E-state index in [1.54, 1.807) is 18.5 Å². The maximum Gasteiger partial charge on any atom is 0.387 e. The summed E-state index contributed by atoms with van der Waals surface area (Å²) in [4.78, 5) is 22.8. The summed E-state index contributed by atoms with van der Waals surface area (Å²) in [7, 11) is 0. The standard InChI is InChI=1S/C18H17F2N3O3/c19-17(20)26-15-4-2-14(3-5-15)16(24)6-1-13-11-21-18(22-12-13)23-7-9-25-10-8-23/h1-6,11-12,17H,7-10H2/b6-1+. The minimum atomic E-state index is -2.89. The molecule has 0 aliphatic carbocycles. The second-order valence-electron chi connectivity index (χ2n) is 5.52. The average molecular weight is 361 g/mol. The zero-order valence-corrected chi connectivity index (χ0v) is 13.8. The van der Waals surface area contributed by atoms with Crippen molar-refractivity contribution in [2.45, 2.75) is 6.61 Å². The molecule has 26 heavy (non-hydrogen) atoms. The first-order chi connectivity index (χ1) is 12.6. The van der Waals surface area contributed by atoms with E-state index >= 15 is 0 Å². The molecule has 0 radical (unpaired) electrons. The van der Waals surface area contributed by atoms with Gasteiger partial charge >= 0.3 is 6.61 Å². The molecule has 1 fully saturated rings. The van der Waals surface area contributed by atoms with Gasteiger partial charge in [-0.2, -0.15) is 8.78 Å². The van der Waals surface area contributed by atoms with E-state index in [-0.39, 0.29) is 11.5 Å². The van der Waals surface area contributed by atoms with Crippen molar-refractivity contribution < 1.29 is 23.0 Å². The molecule has 1 aliphatic heterocycles. The summed E-state index contributed by atoms with van der Waals surface area (Å²) < 4.78 is 33.8. The van der Waals surface area contributed by atoms with E-state index in [1.807, 2.05) is 4.90 Å². The highest BCUT2D eigenvalue weighted by atomic mass is 19.3. The van der Waals surface area contributed by atoms with Crippen LogP contribution in [0.1, 0.15) is 15.9 Å². The Kier molecular flexibility index (Phi) is 5.85. The summed E-state index contributed by atoms with van der Waals surface area (Å²) in [5.74, 6) is 0.380. The van der Waals surface area contributed by atoms with Crippen molar-refractivity contribution in [3.05, 3.63) is 53.9 Å². The Morgan fingerprint density at radius 2 is 1.81 bits per heavy atom. The van der Waals surface area contributed by atoms with Crippen LogP contribution >= 0.6 is 0 Å². The predicted octanol–water partition coefficient (Wildman–Crippen LogP) is 2.81. The third-order valence-electron chi connectivity index (χ3n) is 3.74. The molecule has 0 amide bonds. The van der Waals surface area contributed by atoms with Gasteiger partial charge in [-0.15, -0.1) is 0 Å².